The predicted molar refractivity (Wildman–Crippen MR) is 78.1 cm³/mol. The zero-order valence-electron chi connectivity index (χ0n) is 11.5. The van der Waals surface area contributed by atoms with Crippen molar-refractivity contribution >= 4 is 5.69 Å². The van der Waals surface area contributed by atoms with Gasteiger partial charge in [-0.1, -0.05) is 29.4 Å². The molecule has 0 fully saturated rings. The zero-order valence-corrected chi connectivity index (χ0v) is 11.5. The normalized spacial score (nSPS) is 10.8. The van der Waals surface area contributed by atoms with Crippen LogP contribution in [-0.2, 0) is 6.42 Å². The van der Waals surface area contributed by atoms with Crippen LogP contribution in [0.1, 0.15) is 17.0 Å². The second-order valence-electron chi connectivity index (χ2n) is 4.89. The summed E-state index contributed by atoms with van der Waals surface area (Å²) in [6.45, 7) is 1.71. The Hall–Kier alpha value is -2.69. The van der Waals surface area contributed by atoms with Crippen molar-refractivity contribution in [3.8, 4) is 11.4 Å². The highest BCUT2D eigenvalue weighted by Gasteiger charge is 2.10. The first-order valence-corrected chi connectivity index (χ1v) is 6.55. The summed E-state index contributed by atoms with van der Waals surface area (Å²) in [7, 11) is 0. The SMILES string of the molecule is Cc1ccc(-c2noc(Cc3ccc(N)cc3)n2)cc1F. The second kappa shape index (κ2) is 5.36. The minimum Gasteiger partial charge on any atom is -0.399 e. The van der Waals surface area contributed by atoms with Crippen LogP contribution in [0.2, 0.25) is 0 Å². The van der Waals surface area contributed by atoms with E-state index in [-0.39, 0.29) is 5.82 Å². The van der Waals surface area contributed by atoms with Crippen molar-refractivity contribution in [1.29, 1.82) is 0 Å². The number of nitrogens with zero attached hydrogens (tertiary/aromatic N) is 2. The molecule has 1 aromatic heterocycles. The molecule has 0 radical (unpaired) electrons. The standard InChI is InChI=1S/C16H14FN3O/c1-10-2-5-12(9-14(10)17)16-19-15(21-20-16)8-11-3-6-13(18)7-4-11/h2-7,9H,8,18H2,1H3. The smallest absolute Gasteiger partial charge is 0.231 e. The number of anilines is 1. The van der Waals surface area contributed by atoms with E-state index in [1.54, 1.807) is 19.1 Å². The van der Waals surface area contributed by atoms with E-state index in [1.807, 2.05) is 24.3 Å². The topological polar surface area (TPSA) is 64.9 Å². The highest BCUT2D eigenvalue weighted by molar-refractivity contribution is 5.55. The Bertz CT molecular complexity index is 765. The van der Waals surface area contributed by atoms with E-state index in [2.05, 4.69) is 10.1 Å². The lowest BCUT2D eigenvalue weighted by Gasteiger charge is -1.98. The van der Waals surface area contributed by atoms with Gasteiger partial charge in [0.25, 0.3) is 0 Å². The summed E-state index contributed by atoms with van der Waals surface area (Å²) in [6.07, 6.45) is 0.515. The fourth-order valence-electron chi connectivity index (χ4n) is 1.99. The lowest BCUT2D eigenvalue weighted by Crippen LogP contribution is -1.90. The zero-order chi connectivity index (χ0) is 14.8. The number of benzene rings is 2. The van der Waals surface area contributed by atoms with Gasteiger partial charge in [-0.3, -0.25) is 0 Å². The summed E-state index contributed by atoms with van der Waals surface area (Å²) < 4.78 is 18.8. The number of halogens is 1. The molecule has 0 aliphatic carbocycles. The number of hydrogen-bond donors (Lipinski definition) is 1. The van der Waals surface area contributed by atoms with Gasteiger partial charge in [0.15, 0.2) is 0 Å². The van der Waals surface area contributed by atoms with Crippen LogP contribution >= 0.6 is 0 Å². The maximum absolute atomic E-state index is 13.6. The van der Waals surface area contributed by atoms with Gasteiger partial charge in [0.05, 0.1) is 6.42 Å². The summed E-state index contributed by atoms with van der Waals surface area (Å²) in [4.78, 5) is 4.29. The van der Waals surface area contributed by atoms with Gasteiger partial charge in [0.1, 0.15) is 5.82 Å². The minimum atomic E-state index is -0.280. The van der Waals surface area contributed by atoms with Gasteiger partial charge in [-0.05, 0) is 36.2 Å². The van der Waals surface area contributed by atoms with Crippen molar-refractivity contribution in [2.75, 3.05) is 5.73 Å². The molecule has 4 nitrogen and oxygen atoms in total. The Morgan fingerprint density at radius 1 is 1.14 bits per heavy atom. The van der Waals surface area contributed by atoms with Crippen LogP contribution < -0.4 is 5.73 Å². The fourth-order valence-corrected chi connectivity index (χ4v) is 1.99. The Morgan fingerprint density at radius 3 is 2.62 bits per heavy atom. The van der Waals surface area contributed by atoms with Crippen molar-refractivity contribution in [1.82, 2.24) is 10.1 Å². The van der Waals surface area contributed by atoms with Crippen molar-refractivity contribution in [2.24, 2.45) is 0 Å². The molecule has 0 bridgehead atoms. The number of aryl methyl sites for hydroxylation is 1. The second-order valence-corrected chi connectivity index (χ2v) is 4.89. The lowest BCUT2D eigenvalue weighted by atomic mass is 10.1. The van der Waals surface area contributed by atoms with Crippen LogP contribution in [0.3, 0.4) is 0 Å². The van der Waals surface area contributed by atoms with Crippen LogP contribution in [0.25, 0.3) is 11.4 Å². The Labute approximate surface area is 121 Å². The van der Waals surface area contributed by atoms with Gasteiger partial charge in [-0.25, -0.2) is 4.39 Å². The van der Waals surface area contributed by atoms with Gasteiger partial charge >= 0.3 is 0 Å². The largest absolute Gasteiger partial charge is 0.399 e. The molecule has 2 N–H and O–H groups in total. The van der Waals surface area contributed by atoms with Gasteiger partial charge < -0.3 is 10.3 Å². The van der Waals surface area contributed by atoms with Gasteiger partial charge in [-0.2, -0.15) is 4.98 Å². The van der Waals surface area contributed by atoms with E-state index < -0.39 is 0 Å². The molecule has 106 valence electrons. The van der Waals surface area contributed by atoms with Crippen LogP contribution in [0.4, 0.5) is 10.1 Å². The van der Waals surface area contributed by atoms with E-state index in [4.69, 9.17) is 10.3 Å². The minimum absolute atomic E-state index is 0.280. The molecule has 2 aromatic carbocycles. The van der Waals surface area contributed by atoms with E-state index in [0.717, 1.165) is 5.56 Å². The molecule has 0 spiro atoms. The molecule has 3 aromatic rings. The molecule has 21 heavy (non-hydrogen) atoms. The third kappa shape index (κ3) is 2.91. The number of hydrogen-bond acceptors (Lipinski definition) is 4. The lowest BCUT2D eigenvalue weighted by molar-refractivity contribution is 0.385. The Morgan fingerprint density at radius 2 is 1.90 bits per heavy atom. The van der Waals surface area contributed by atoms with Crippen molar-refractivity contribution in [2.45, 2.75) is 13.3 Å². The highest BCUT2D eigenvalue weighted by atomic mass is 19.1. The molecule has 5 heteroatoms. The molecule has 0 aliphatic heterocycles. The monoisotopic (exact) mass is 283 g/mol. The summed E-state index contributed by atoms with van der Waals surface area (Å²) >= 11 is 0. The average Bonchev–Trinajstić information content (AvgIpc) is 2.93. The average molecular weight is 283 g/mol. The van der Waals surface area contributed by atoms with Gasteiger partial charge in [0.2, 0.25) is 11.7 Å². The van der Waals surface area contributed by atoms with Crippen molar-refractivity contribution in [3.05, 3.63) is 65.3 Å². The number of nitrogens with two attached hydrogens (primary N) is 1. The number of aromatic nitrogens is 2. The quantitative estimate of drug-likeness (QED) is 0.748. The van der Waals surface area contributed by atoms with E-state index in [9.17, 15) is 4.39 Å². The molecule has 0 amide bonds. The van der Waals surface area contributed by atoms with Gasteiger partial charge in [-0.15, -0.1) is 0 Å². The first-order chi connectivity index (χ1) is 10.1. The summed E-state index contributed by atoms with van der Waals surface area (Å²) in [6, 6.07) is 12.3. The molecular weight excluding hydrogens is 269 g/mol. The summed E-state index contributed by atoms with van der Waals surface area (Å²) in [5.41, 5.74) is 8.56. The molecule has 0 saturated heterocycles. The first-order valence-electron chi connectivity index (χ1n) is 6.55. The van der Waals surface area contributed by atoms with Gasteiger partial charge in [0, 0.05) is 11.3 Å². The Kier molecular flexibility index (Phi) is 3.39. The molecule has 0 saturated carbocycles. The van der Waals surface area contributed by atoms with E-state index in [0.29, 0.717) is 35.0 Å². The van der Waals surface area contributed by atoms with Crippen molar-refractivity contribution < 1.29 is 8.91 Å². The Balaban J connectivity index is 1.82. The van der Waals surface area contributed by atoms with Crippen LogP contribution in [0.15, 0.2) is 47.0 Å². The summed E-state index contributed by atoms with van der Waals surface area (Å²) in [5, 5.41) is 3.89. The molecule has 0 atom stereocenters. The third-order valence-corrected chi connectivity index (χ3v) is 3.23. The molecule has 1 heterocycles. The van der Waals surface area contributed by atoms with Crippen molar-refractivity contribution in [3.63, 3.8) is 0 Å². The van der Waals surface area contributed by atoms with Crippen LogP contribution in [-0.4, -0.2) is 10.1 Å². The first kappa shape index (κ1) is 13.3. The maximum atomic E-state index is 13.6. The highest BCUT2D eigenvalue weighted by Crippen LogP contribution is 2.20. The third-order valence-electron chi connectivity index (χ3n) is 3.23. The maximum Gasteiger partial charge on any atom is 0.231 e. The van der Waals surface area contributed by atoms with Crippen LogP contribution in [0.5, 0.6) is 0 Å². The number of rotatable bonds is 3. The molecule has 0 unspecified atom stereocenters. The molecule has 3 rings (SSSR count). The molecule has 0 aliphatic rings. The van der Waals surface area contributed by atoms with Crippen LogP contribution in [0, 0.1) is 12.7 Å². The predicted octanol–water partition coefficient (Wildman–Crippen LogP) is 3.36. The van der Waals surface area contributed by atoms with E-state index in [1.165, 1.54) is 6.07 Å². The fraction of sp³-hybridized carbons (Fsp3) is 0.125. The van der Waals surface area contributed by atoms with E-state index >= 15 is 0 Å². The molecular formula is C16H14FN3O. The summed E-state index contributed by atoms with van der Waals surface area (Å²) in [5.74, 6) is 0.590. The number of nitrogen functional groups attached to an aromatic ring is 1.